The van der Waals surface area contributed by atoms with E-state index in [0.29, 0.717) is 0 Å². The average Bonchev–Trinajstić information content (AvgIpc) is 2.63. The molecule has 4 nitrogen and oxygen atoms in total. The third-order valence-electron chi connectivity index (χ3n) is 1.84. The first-order valence-corrected chi connectivity index (χ1v) is 5.25. The largest absolute Gasteiger partial charge is 0.512 e. The Balaban J connectivity index is 2.45. The molecule has 0 radical (unpaired) electrons. The van der Waals surface area contributed by atoms with E-state index in [-0.39, 0.29) is 16.3 Å². The lowest BCUT2D eigenvalue weighted by Crippen LogP contribution is -2.03. The Morgan fingerprint density at radius 1 is 1.29 bits per heavy atom. The molecule has 0 bridgehead atoms. The lowest BCUT2D eigenvalue weighted by atomic mass is 10.2. The summed E-state index contributed by atoms with van der Waals surface area (Å²) in [5.74, 6) is -1.70. The molecule has 2 aromatic rings. The molecule has 0 spiro atoms. The molecule has 0 unspecified atom stereocenters. The predicted molar refractivity (Wildman–Crippen MR) is 56.1 cm³/mol. The molecule has 1 N–H and O–H groups in total. The highest BCUT2D eigenvalue weighted by molar-refractivity contribution is 7.13. The minimum Gasteiger partial charge on any atom is -0.449 e. The van der Waals surface area contributed by atoms with Gasteiger partial charge in [0.2, 0.25) is 5.88 Å². The summed E-state index contributed by atoms with van der Waals surface area (Å²) in [5.41, 5.74) is 1.51. The van der Waals surface area contributed by atoms with Crippen molar-refractivity contribution in [2.24, 2.45) is 0 Å². The molecule has 0 fully saturated rings. The first-order valence-electron chi connectivity index (χ1n) is 4.37. The summed E-state index contributed by atoms with van der Waals surface area (Å²) in [5, 5.41) is 8.46. The van der Waals surface area contributed by atoms with E-state index in [1.807, 2.05) is 0 Å². The van der Waals surface area contributed by atoms with Crippen LogP contribution in [0, 0.1) is 11.6 Å². The third kappa shape index (κ3) is 2.56. The maximum Gasteiger partial charge on any atom is 0.512 e. The predicted octanol–water partition coefficient (Wildman–Crippen LogP) is 3.15. The Bertz CT molecular complexity index is 550. The second kappa shape index (κ2) is 4.46. The maximum absolute atomic E-state index is 13.0. The second-order valence-electron chi connectivity index (χ2n) is 3.01. The van der Waals surface area contributed by atoms with E-state index < -0.39 is 17.8 Å². The minimum atomic E-state index is -1.53. The van der Waals surface area contributed by atoms with Crippen molar-refractivity contribution in [1.29, 1.82) is 0 Å². The highest BCUT2D eigenvalue weighted by Crippen LogP contribution is 2.33. The molecular weight excluding hydrogens is 252 g/mol. The van der Waals surface area contributed by atoms with Gasteiger partial charge in [-0.2, -0.15) is 0 Å². The summed E-state index contributed by atoms with van der Waals surface area (Å²) in [6.07, 6.45) is -1.53. The van der Waals surface area contributed by atoms with Crippen LogP contribution in [0.1, 0.15) is 0 Å². The number of rotatable bonds is 2. The smallest absolute Gasteiger partial charge is 0.449 e. The van der Waals surface area contributed by atoms with Crippen molar-refractivity contribution in [2.45, 2.75) is 0 Å². The fourth-order valence-corrected chi connectivity index (χ4v) is 1.97. The Hall–Kier alpha value is -2.02. The Morgan fingerprint density at radius 3 is 2.53 bits per heavy atom. The molecule has 0 aliphatic rings. The van der Waals surface area contributed by atoms with E-state index in [0.717, 1.165) is 29.5 Å². The number of aromatic nitrogens is 1. The number of hydrogen-bond donors (Lipinski definition) is 1. The van der Waals surface area contributed by atoms with Crippen molar-refractivity contribution >= 4 is 17.5 Å². The van der Waals surface area contributed by atoms with Gasteiger partial charge in [-0.3, -0.25) is 0 Å². The van der Waals surface area contributed by atoms with Gasteiger partial charge >= 0.3 is 6.16 Å². The molecule has 2 rings (SSSR count). The number of thiazole rings is 1. The summed E-state index contributed by atoms with van der Waals surface area (Å²) < 4.78 is 30.4. The zero-order valence-electron chi connectivity index (χ0n) is 8.18. The summed E-state index contributed by atoms with van der Waals surface area (Å²) >= 11 is 1.03. The maximum atomic E-state index is 13.0. The van der Waals surface area contributed by atoms with E-state index in [9.17, 15) is 13.6 Å². The van der Waals surface area contributed by atoms with Gasteiger partial charge in [-0.05, 0) is 12.1 Å². The van der Waals surface area contributed by atoms with Crippen LogP contribution in [0.15, 0.2) is 23.7 Å². The molecule has 0 aliphatic heterocycles. The second-order valence-corrected chi connectivity index (χ2v) is 3.87. The van der Waals surface area contributed by atoms with E-state index in [2.05, 4.69) is 9.72 Å². The summed E-state index contributed by atoms with van der Waals surface area (Å²) in [6.45, 7) is 0. The van der Waals surface area contributed by atoms with Gasteiger partial charge in [-0.15, -0.1) is 11.3 Å². The van der Waals surface area contributed by atoms with Gasteiger partial charge in [0.25, 0.3) is 0 Å². The fourth-order valence-electron chi connectivity index (χ4n) is 1.27. The van der Waals surface area contributed by atoms with Crippen molar-refractivity contribution < 1.29 is 23.4 Å². The highest BCUT2D eigenvalue weighted by atomic mass is 32.1. The summed E-state index contributed by atoms with van der Waals surface area (Å²) in [7, 11) is 0. The van der Waals surface area contributed by atoms with Gasteiger partial charge < -0.3 is 9.84 Å². The normalized spacial score (nSPS) is 10.2. The minimum absolute atomic E-state index is 0.182. The topological polar surface area (TPSA) is 59.4 Å². The molecule has 0 amide bonds. The highest BCUT2D eigenvalue weighted by Gasteiger charge is 2.14. The van der Waals surface area contributed by atoms with Crippen LogP contribution in [0.2, 0.25) is 0 Å². The molecule has 17 heavy (non-hydrogen) atoms. The van der Waals surface area contributed by atoms with E-state index in [4.69, 9.17) is 5.11 Å². The van der Waals surface area contributed by atoms with Gasteiger partial charge in [0.1, 0.15) is 11.6 Å². The van der Waals surface area contributed by atoms with Crippen LogP contribution in [0.5, 0.6) is 5.88 Å². The summed E-state index contributed by atoms with van der Waals surface area (Å²) in [4.78, 5) is 14.3. The zero-order valence-corrected chi connectivity index (χ0v) is 9.00. The zero-order chi connectivity index (χ0) is 12.4. The lowest BCUT2D eigenvalue weighted by Gasteiger charge is -2.01. The lowest BCUT2D eigenvalue weighted by molar-refractivity contribution is 0.143. The molecular formula is C10H5F2NO3S. The molecule has 1 aromatic carbocycles. The molecule has 1 aromatic heterocycles. The molecule has 7 heteroatoms. The monoisotopic (exact) mass is 257 g/mol. The van der Waals surface area contributed by atoms with Crippen molar-refractivity contribution in [3.63, 3.8) is 0 Å². The van der Waals surface area contributed by atoms with Crippen LogP contribution in [-0.2, 0) is 0 Å². The third-order valence-corrected chi connectivity index (χ3v) is 2.70. The Labute approximate surface area is 98.1 Å². The van der Waals surface area contributed by atoms with Crippen molar-refractivity contribution in [3.05, 3.63) is 35.3 Å². The molecule has 1 heterocycles. The van der Waals surface area contributed by atoms with Crippen LogP contribution in [0.4, 0.5) is 13.6 Å². The number of benzene rings is 1. The average molecular weight is 257 g/mol. The van der Waals surface area contributed by atoms with Gasteiger partial charge in [0, 0.05) is 11.6 Å². The van der Waals surface area contributed by atoms with Crippen molar-refractivity contribution in [2.75, 3.05) is 0 Å². The van der Waals surface area contributed by atoms with Gasteiger partial charge in [-0.25, -0.2) is 18.6 Å². The number of hydrogen-bond acceptors (Lipinski definition) is 4. The Kier molecular flexibility index (Phi) is 3.01. The van der Waals surface area contributed by atoms with Crippen LogP contribution in [0.3, 0.4) is 0 Å². The number of carbonyl (C=O) groups is 1. The summed E-state index contributed by atoms with van der Waals surface area (Å²) in [6, 6.07) is 2.87. The van der Waals surface area contributed by atoms with Crippen LogP contribution < -0.4 is 4.74 Å². The van der Waals surface area contributed by atoms with E-state index in [1.165, 1.54) is 5.51 Å². The first kappa shape index (κ1) is 11.5. The van der Waals surface area contributed by atoms with Crippen LogP contribution in [0.25, 0.3) is 10.4 Å². The van der Waals surface area contributed by atoms with E-state index >= 15 is 0 Å². The van der Waals surface area contributed by atoms with E-state index in [1.54, 1.807) is 0 Å². The molecule has 0 atom stereocenters. The quantitative estimate of drug-likeness (QED) is 0.839. The van der Waals surface area contributed by atoms with Crippen LogP contribution >= 0.6 is 11.3 Å². The standard InChI is InChI=1S/C10H5F2NO3S/c11-6-1-5(2-7(12)3-6)8-9(13-4-17-8)16-10(14)15/h1-4H,(H,14,15). The number of ether oxygens (including phenoxy) is 1. The molecule has 88 valence electrons. The van der Waals surface area contributed by atoms with Gasteiger partial charge in [-0.1, -0.05) is 0 Å². The van der Waals surface area contributed by atoms with Gasteiger partial charge in [0.05, 0.1) is 10.4 Å². The molecule has 0 aliphatic carbocycles. The number of nitrogens with zero attached hydrogens (tertiary/aromatic N) is 1. The fraction of sp³-hybridized carbons (Fsp3) is 0. The van der Waals surface area contributed by atoms with Crippen LogP contribution in [-0.4, -0.2) is 16.2 Å². The number of carboxylic acid groups (broad SMARTS) is 1. The molecule has 0 saturated carbocycles. The van der Waals surface area contributed by atoms with Gasteiger partial charge in [0.15, 0.2) is 0 Å². The first-order chi connectivity index (χ1) is 8.06. The Morgan fingerprint density at radius 2 is 1.94 bits per heavy atom. The van der Waals surface area contributed by atoms with Crippen molar-refractivity contribution in [1.82, 2.24) is 4.98 Å². The SMILES string of the molecule is O=C(O)Oc1ncsc1-c1cc(F)cc(F)c1. The molecule has 0 saturated heterocycles. The van der Waals surface area contributed by atoms with Crippen molar-refractivity contribution in [3.8, 4) is 16.3 Å². The number of halogens is 2.